The van der Waals surface area contributed by atoms with E-state index in [1.165, 1.54) is 0 Å². The van der Waals surface area contributed by atoms with Crippen molar-refractivity contribution in [2.75, 3.05) is 37.7 Å². The lowest BCUT2D eigenvalue weighted by atomic mass is 10.0. The van der Waals surface area contributed by atoms with Crippen LogP contribution in [0.3, 0.4) is 0 Å². The highest BCUT2D eigenvalue weighted by atomic mass is 35.5. The Bertz CT molecular complexity index is 1060. The third kappa shape index (κ3) is 12.0. The molecule has 1 saturated heterocycles. The fraction of sp³-hybridized carbons (Fsp3) is 0.481. The first kappa shape index (κ1) is 32.0. The maximum absolute atomic E-state index is 11.9. The quantitative estimate of drug-likeness (QED) is 0.0899. The number of aliphatic imine (C=N–C) groups is 1. The minimum absolute atomic E-state index is 0. The Kier molecular flexibility index (Phi) is 14.8. The van der Waals surface area contributed by atoms with E-state index in [1.54, 1.807) is 28.1 Å². The molecule has 2 aromatic rings. The van der Waals surface area contributed by atoms with E-state index in [4.69, 9.17) is 36.8 Å². The molecular weight excluding hydrogens is 543 g/mol. The summed E-state index contributed by atoms with van der Waals surface area (Å²) in [5.74, 6) is 1.27. The summed E-state index contributed by atoms with van der Waals surface area (Å²) < 4.78 is 17.9. The van der Waals surface area contributed by atoms with Gasteiger partial charge in [0.05, 0.1) is 18.9 Å². The molecule has 12 heteroatoms. The van der Waals surface area contributed by atoms with Crippen LogP contribution in [0, 0.1) is 17.4 Å². The van der Waals surface area contributed by atoms with Crippen molar-refractivity contribution >= 4 is 29.4 Å². The Morgan fingerprint density at radius 1 is 1.15 bits per heavy atom. The highest BCUT2D eigenvalue weighted by Gasteiger charge is 2.17. The molecule has 1 aliphatic rings. The summed E-state index contributed by atoms with van der Waals surface area (Å²) in [4.78, 5) is 17.4. The van der Waals surface area contributed by atoms with E-state index in [1.807, 2.05) is 36.4 Å². The SMILES string of the molecule is N#CN=C(N)N(CCCCCCOc1ccc(Cl)cc1)c1cc[n+](COC(=O)OCC2CCCNC2)cc1.[Cl-]. The Morgan fingerprint density at radius 2 is 1.90 bits per heavy atom. The second-order valence-corrected chi connectivity index (χ2v) is 9.49. The van der Waals surface area contributed by atoms with Gasteiger partial charge < -0.3 is 42.6 Å². The number of nitrogens with zero attached hydrogens (tertiary/aromatic N) is 4. The lowest BCUT2D eigenvalue weighted by Crippen LogP contribution is -3.00. The number of hydrogen-bond acceptors (Lipinski definition) is 7. The Labute approximate surface area is 241 Å². The average Bonchev–Trinajstić information content (AvgIpc) is 2.94. The fourth-order valence-corrected chi connectivity index (χ4v) is 4.20. The smallest absolute Gasteiger partial charge is 0.513 e. The van der Waals surface area contributed by atoms with Crippen LogP contribution < -0.4 is 37.7 Å². The van der Waals surface area contributed by atoms with Gasteiger partial charge in [0, 0.05) is 36.2 Å². The van der Waals surface area contributed by atoms with Crippen molar-refractivity contribution in [3.05, 3.63) is 53.8 Å². The normalized spacial score (nSPS) is 15.0. The van der Waals surface area contributed by atoms with Gasteiger partial charge in [-0.15, -0.1) is 4.99 Å². The topological polar surface area (TPSA) is 126 Å². The van der Waals surface area contributed by atoms with Gasteiger partial charge in [-0.2, -0.15) is 9.83 Å². The molecule has 1 aliphatic heterocycles. The number of nitrogens with one attached hydrogen (secondary N) is 1. The van der Waals surface area contributed by atoms with E-state index in [9.17, 15) is 4.79 Å². The monoisotopic (exact) mass is 578 g/mol. The fourth-order valence-electron chi connectivity index (χ4n) is 4.07. The molecule has 0 radical (unpaired) electrons. The van der Waals surface area contributed by atoms with Crippen LogP contribution in [0.1, 0.15) is 38.5 Å². The Hall–Kier alpha value is -3.26. The summed E-state index contributed by atoms with van der Waals surface area (Å²) in [6.45, 7) is 3.50. The molecular formula is C27H36Cl2N6O4. The van der Waals surface area contributed by atoms with Crippen LogP contribution in [0.4, 0.5) is 10.5 Å². The van der Waals surface area contributed by atoms with Crippen molar-refractivity contribution in [1.29, 1.82) is 5.26 Å². The van der Waals surface area contributed by atoms with E-state index < -0.39 is 6.16 Å². The average molecular weight is 580 g/mol. The number of nitriles is 1. The number of unbranched alkanes of at least 4 members (excludes halogenated alkanes) is 3. The van der Waals surface area contributed by atoms with E-state index in [-0.39, 0.29) is 25.1 Å². The molecule has 0 amide bonds. The van der Waals surface area contributed by atoms with Crippen LogP contribution in [0.15, 0.2) is 53.8 Å². The number of pyridine rings is 1. The molecule has 1 aromatic heterocycles. The van der Waals surface area contributed by atoms with Crippen LogP contribution in [0.2, 0.25) is 5.02 Å². The first-order valence-corrected chi connectivity index (χ1v) is 13.3. The second kappa shape index (κ2) is 18.1. The minimum atomic E-state index is -0.683. The molecule has 0 saturated carbocycles. The number of ether oxygens (including phenoxy) is 3. The molecule has 3 rings (SSSR count). The third-order valence-electron chi connectivity index (χ3n) is 6.15. The van der Waals surface area contributed by atoms with Crippen molar-refractivity contribution in [2.24, 2.45) is 16.6 Å². The van der Waals surface area contributed by atoms with Crippen LogP contribution in [0.5, 0.6) is 5.75 Å². The summed E-state index contributed by atoms with van der Waals surface area (Å²) in [6.07, 6.45) is 10.5. The number of nitrogens with two attached hydrogens (primary N) is 1. The highest BCUT2D eigenvalue weighted by molar-refractivity contribution is 6.30. The number of carbonyl (C=O) groups is 1. The zero-order chi connectivity index (χ0) is 27.0. The number of carbonyl (C=O) groups excluding carboxylic acids is 1. The Balaban J connectivity index is 0.00000533. The second-order valence-electron chi connectivity index (χ2n) is 9.06. The van der Waals surface area contributed by atoms with Gasteiger partial charge in [0.25, 0.3) is 6.73 Å². The summed E-state index contributed by atoms with van der Waals surface area (Å²) in [7, 11) is 0. The van der Waals surface area contributed by atoms with E-state index in [0.717, 1.165) is 63.1 Å². The molecule has 212 valence electrons. The molecule has 1 atom stereocenters. The largest absolute Gasteiger partial charge is 1.00 e. The number of benzene rings is 1. The maximum atomic E-state index is 11.9. The highest BCUT2D eigenvalue weighted by Crippen LogP contribution is 2.17. The summed E-state index contributed by atoms with van der Waals surface area (Å²) in [6, 6.07) is 11.0. The molecule has 0 aliphatic carbocycles. The standard InChI is InChI=1S/C27H36ClN6O4.ClH/c28-23-7-9-25(10-8-23)36-17-4-2-1-3-14-34(26(30)32-20-29)24-11-15-33(16-12-24)21-38-27(35)37-19-22-6-5-13-31-18-22;/h7-12,15-16,22,31H,1-6,13-14,17-19,21H2,(H2,30,32);1H/q+1;/p-1. The van der Waals surface area contributed by atoms with Crippen molar-refractivity contribution in [1.82, 2.24) is 5.32 Å². The van der Waals surface area contributed by atoms with Gasteiger partial charge in [0.2, 0.25) is 12.2 Å². The summed E-state index contributed by atoms with van der Waals surface area (Å²) >= 11 is 5.89. The predicted molar refractivity (Wildman–Crippen MR) is 145 cm³/mol. The van der Waals surface area contributed by atoms with E-state index in [2.05, 4.69) is 10.3 Å². The number of rotatable bonds is 13. The van der Waals surface area contributed by atoms with Crippen molar-refractivity contribution < 1.29 is 36.0 Å². The third-order valence-corrected chi connectivity index (χ3v) is 6.40. The van der Waals surface area contributed by atoms with Crippen molar-refractivity contribution in [3.63, 3.8) is 0 Å². The first-order chi connectivity index (χ1) is 18.5. The molecule has 0 spiro atoms. The molecule has 1 unspecified atom stereocenters. The van der Waals surface area contributed by atoms with Gasteiger partial charge in [-0.3, -0.25) is 0 Å². The zero-order valence-electron chi connectivity index (χ0n) is 21.9. The Morgan fingerprint density at radius 3 is 2.59 bits per heavy atom. The van der Waals surface area contributed by atoms with Gasteiger partial charge in [0.1, 0.15) is 5.75 Å². The van der Waals surface area contributed by atoms with Crippen LogP contribution in [0.25, 0.3) is 0 Å². The molecule has 1 aromatic carbocycles. The predicted octanol–water partition coefficient (Wildman–Crippen LogP) is 0.983. The number of hydrogen-bond donors (Lipinski definition) is 2. The molecule has 3 N–H and O–H groups in total. The van der Waals surface area contributed by atoms with Crippen LogP contribution in [-0.4, -0.2) is 45.0 Å². The lowest BCUT2D eigenvalue weighted by Gasteiger charge is -2.22. The molecule has 2 heterocycles. The molecule has 39 heavy (non-hydrogen) atoms. The number of piperidine rings is 1. The number of aromatic nitrogens is 1. The number of halogens is 2. The minimum Gasteiger partial charge on any atom is -1.00 e. The molecule has 1 fully saturated rings. The van der Waals surface area contributed by atoms with Crippen LogP contribution >= 0.6 is 11.6 Å². The molecule has 10 nitrogen and oxygen atoms in total. The van der Waals surface area contributed by atoms with Crippen molar-refractivity contribution in [2.45, 2.75) is 45.3 Å². The van der Waals surface area contributed by atoms with E-state index in [0.29, 0.717) is 30.7 Å². The van der Waals surface area contributed by atoms with Gasteiger partial charge >= 0.3 is 6.16 Å². The first-order valence-electron chi connectivity index (χ1n) is 12.9. The van der Waals surface area contributed by atoms with Gasteiger partial charge in [0.15, 0.2) is 12.4 Å². The van der Waals surface area contributed by atoms with Gasteiger partial charge in [-0.05, 0) is 56.5 Å². The zero-order valence-corrected chi connectivity index (χ0v) is 23.4. The van der Waals surface area contributed by atoms with E-state index >= 15 is 0 Å². The van der Waals surface area contributed by atoms with Crippen LogP contribution in [-0.2, 0) is 16.2 Å². The number of guanidine groups is 1. The lowest BCUT2D eigenvalue weighted by molar-refractivity contribution is -0.727. The maximum Gasteiger partial charge on any atom is 0.513 e. The number of anilines is 1. The van der Waals surface area contributed by atoms with Gasteiger partial charge in [-0.25, -0.2) is 4.79 Å². The summed E-state index contributed by atoms with van der Waals surface area (Å²) in [5.41, 5.74) is 6.84. The van der Waals surface area contributed by atoms with Crippen molar-refractivity contribution in [3.8, 4) is 11.9 Å². The molecule has 0 bridgehead atoms. The van der Waals surface area contributed by atoms with Gasteiger partial charge in [-0.1, -0.05) is 24.4 Å². The summed E-state index contributed by atoms with van der Waals surface area (Å²) in [5, 5.41) is 12.9.